The van der Waals surface area contributed by atoms with Gasteiger partial charge < -0.3 is 0 Å². The second-order valence-corrected chi connectivity index (χ2v) is 5.88. The van der Waals surface area contributed by atoms with Crippen LogP contribution in [-0.4, -0.2) is 32.3 Å². The van der Waals surface area contributed by atoms with Crippen LogP contribution in [0.5, 0.6) is 0 Å². The number of nitrogens with zero attached hydrogens (tertiary/aromatic N) is 4. The summed E-state index contributed by atoms with van der Waals surface area (Å²) in [7, 11) is 0. The number of halogens is 2. The van der Waals surface area contributed by atoms with Crippen molar-refractivity contribution in [2.75, 3.05) is 13.1 Å². The fourth-order valence-corrected chi connectivity index (χ4v) is 2.54. The summed E-state index contributed by atoms with van der Waals surface area (Å²) in [6, 6.07) is 10.3. The van der Waals surface area contributed by atoms with E-state index in [4.69, 9.17) is 11.8 Å². The summed E-state index contributed by atoms with van der Waals surface area (Å²) in [4.78, 5) is 4.06. The van der Waals surface area contributed by atoms with E-state index in [2.05, 4.69) is 10.1 Å². The number of likely N-dealkylation sites (N-methyl/N-ethyl adjacent to an activating group) is 1. The van der Waals surface area contributed by atoms with Gasteiger partial charge in [-0.2, -0.15) is 5.10 Å². The molecule has 3 rings (SSSR count). The van der Waals surface area contributed by atoms with Crippen molar-refractivity contribution in [3.63, 3.8) is 0 Å². The lowest BCUT2D eigenvalue weighted by atomic mass is 10.0. The molecular formula is C18H18ClFN4. The summed E-state index contributed by atoms with van der Waals surface area (Å²) in [5.41, 5.74) is 3.70. The predicted molar refractivity (Wildman–Crippen MR) is 94.0 cm³/mol. The molecule has 2 aromatic heterocycles. The molecule has 0 spiro atoms. The molecule has 1 aromatic carbocycles. The number of aromatic nitrogens is 3. The van der Waals surface area contributed by atoms with Crippen LogP contribution in [-0.2, 0) is 6.54 Å². The van der Waals surface area contributed by atoms with Gasteiger partial charge in [-0.25, -0.2) is 8.81 Å². The van der Waals surface area contributed by atoms with Crippen molar-refractivity contribution in [1.82, 2.24) is 19.2 Å². The van der Waals surface area contributed by atoms with Crippen molar-refractivity contribution in [2.24, 2.45) is 0 Å². The molecule has 0 atom stereocenters. The summed E-state index contributed by atoms with van der Waals surface area (Å²) in [5, 5.41) is 4.68. The predicted octanol–water partition coefficient (Wildman–Crippen LogP) is 4.23. The molecule has 0 aliphatic heterocycles. The van der Waals surface area contributed by atoms with Crippen molar-refractivity contribution in [1.29, 1.82) is 0 Å². The third-order valence-corrected chi connectivity index (χ3v) is 4.19. The Morgan fingerprint density at radius 1 is 1.08 bits per heavy atom. The van der Waals surface area contributed by atoms with Crippen LogP contribution in [0.2, 0.25) is 0 Å². The average Bonchev–Trinajstić information content (AvgIpc) is 3.05. The van der Waals surface area contributed by atoms with E-state index in [1.807, 2.05) is 29.9 Å². The fraction of sp³-hybridized carbons (Fsp3) is 0.222. The highest BCUT2D eigenvalue weighted by atomic mass is 35.5. The monoisotopic (exact) mass is 344 g/mol. The van der Waals surface area contributed by atoms with Crippen molar-refractivity contribution in [3.8, 4) is 22.4 Å². The molecule has 6 heteroatoms. The van der Waals surface area contributed by atoms with Gasteiger partial charge in [0.25, 0.3) is 0 Å². The summed E-state index contributed by atoms with van der Waals surface area (Å²) in [6.07, 6.45) is 5.49. The van der Waals surface area contributed by atoms with Crippen LogP contribution in [0.1, 0.15) is 6.92 Å². The Balaban J connectivity index is 1.98. The van der Waals surface area contributed by atoms with Crippen molar-refractivity contribution in [2.45, 2.75) is 13.5 Å². The third kappa shape index (κ3) is 3.80. The van der Waals surface area contributed by atoms with Crippen molar-refractivity contribution >= 4 is 11.8 Å². The van der Waals surface area contributed by atoms with Gasteiger partial charge in [0.1, 0.15) is 11.5 Å². The first kappa shape index (κ1) is 16.6. The first-order chi connectivity index (χ1) is 11.7. The van der Waals surface area contributed by atoms with Crippen LogP contribution < -0.4 is 0 Å². The Morgan fingerprint density at radius 2 is 1.79 bits per heavy atom. The zero-order valence-electron chi connectivity index (χ0n) is 13.4. The van der Waals surface area contributed by atoms with Crippen LogP contribution in [0.15, 0.2) is 55.0 Å². The summed E-state index contributed by atoms with van der Waals surface area (Å²) < 4.78 is 16.8. The Bertz CT molecular complexity index is 787. The maximum Gasteiger partial charge on any atom is 0.123 e. The van der Waals surface area contributed by atoms with E-state index in [0.29, 0.717) is 13.1 Å². The van der Waals surface area contributed by atoms with Gasteiger partial charge in [0.2, 0.25) is 0 Å². The van der Waals surface area contributed by atoms with Crippen LogP contribution in [0.3, 0.4) is 0 Å². The normalized spacial score (nSPS) is 11.2. The van der Waals surface area contributed by atoms with E-state index in [0.717, 1.165) is 28.9 Å². The molecular weight excluding hydrogens is 327 g/mol. The van der Waals surface area contributed by atoms with Crippen LogP contribution in [0.25, 0.3) is 22.4 Å². The Kier molecular flexibility index (Phi) is 5.23. The molecule has 0 saturated heterocycles. The lowest BCUT2D eigenvalue weighted by molar-refractivity contribution is 0.429. The third-order valence-electron chi connectivity index (χ3n) is 3.79. The molecule has 124 valence electrons. The first-order valence-corrected chi connectivity index (χ1v) is 8.15. The minimum absolute atomic E-state index is 0.260. The lowest BCUT2D eigenvalue weighted by Gasteiger charge is -2.09. The molecule has 0 bridgehead atoms. The quantitative estimate of drug-likeness (QED) is 0.628. The van der Waals surface area contributed by atoms with Crippen LogP contribution in [0, 0.1) is 5.82 Å². The molecule has 0 unspecified atom stereocenters. The van der Waals surface area contributed by atoms with E-state index in [9.17, 15) is 4.39 Å². The fourth-order valence-electron chi connectivity index (χ4n) is 2.47. The van der Waals surface area contributed by atoms with E-state index in [-0.39, 0.29) is 5.82 Å². The van der Waals surface area contributed by atoms with Crippen molar-refractivity contribution < 1.29 is 4.39 Å². The molecule has 4 nitrogen and oxygen atoms in total. The second kappa shape index (κ2) is 7.55. The number of rotatable bonds is 6. The van der Waals surface area contributed by atoms with Crippen LogP contribution >= 0.6 is 11.8 Å². The number of hydrogen-bond donors (Lipinski definition) is 0. The summed E-state index contributed by atoms with van der Waals surface area (Å²) >= 11 is 6.06. The summed E-state index contributed by atoms with van der Waals surface area (Å²) in [5.74, 6) is -0.260. The standard InChI is InChI=1S/C18H18ClFN4/c1-2-23(19)11-12-24-13-17(14-7-9-21-10-8-14)18(22-24)15-3-5-16(20)6-4-15/h3-10,13H,2,11-12H2,1H3. The van der Waals surface area contributed by atoms with Crippen LogP contribution in [0.4, 0.5) is 4.39 Å². The minimum Gasteiger partial charge on any atom is -0.270 e. The SMILES string of the molecule is CCN(Cl)CCn1cc(-c2ccncc2)c(-c2ccc(F)cc2)n1. The Hall–Kier alpha value is -2.24. The molecule has 0 aliphatic rings. The van der Waals surface area contributed by atoms with Gasteiger partial charge in [-0.15, -0.1) is 0 Å². The van der Waals surface area contributed by atoms with Gasteiger partial charge in [-0.05, 0) is 53.7 Å². The van der Waals surface area contributed by atoms with E-state index in [1.165, 1.54) is 12.1 Å². The van der Waals surface area contributed by atoms with E-state index in [1.54, 1.807) is 28.9 Å². The number of hydrogen-bond acceptors (Lipinski definition) is 3. The molecule has 0 saturated carbocycles. The molecule has 0 amide bonds. The van der Waals surface area contributed by atoms with Gasteiger partial charge in [0, 0.05) is 42.8 Å². The summed E-state index contributed by atoms with van der Waals surface area (Å²) in [6.45, 7) is 4.14. The number of pyridine rings is 1. The largest absolute Gasteiger partial charge is 0.270 e. The molecule has 2 heterocycles. The Labute approximate surface area is 145 Å². The van der Waals surface area contributed by atoms with Gasteiger partial charge >= 0.3 is 0 Å². The maximum atomic E-state index is 13.2. The molecule has 0 radical (unpaired) electrons. The van der Waals surface area contributed by atoms with Gasteiger partial charge in [-0.1, -0.05) is 6.92 Å². The van der Waals surface area contributed by atoms with E-state index >= 15 is 0 Å². The van der Waals surface area contributed by atoms with Gasteiger partial charge in [0.15, 0.2) is 0 Å². The smallest absolute Gasteiger partial charge is 0.123 e. The highest BCUT2D eigenvalue weighted by Crippen LogP contribution is 2.30. The van der Waals surface area contributed by atoms with Gasteiger partial charge in [-0.3, -0.25) is 9.67 Å². The maximum absolute atomic E-state index is 13.2. The minimum atomic E-state index is -0.260. The molecule has 0 aliphatic carbocycles. The topological polar surface area (TPSA) is 34.0 Å². The molecule has 0 fully saturated rings. The zero-order chi connectivity index (χ0) is 16.9. The zero-order valence-corrected chi connectivity index (χ0v) is 14.1. The van der Waals surface area contributed by atoms with Gasteiger partial charge in [0.05, 0.1) is 6.54 Å². The molecule has 24 heavy (non-hydrogen) atoms. The number of benzene rings is 1. The second-order valence-electron chi connectivity index (χ2n) is 5.40. The Morgan fingerprint density at radius 3 is 2.46 bits per heavy atom. The van der Waals surface area contributed by atoms with Crippen molar-refractivity contribution in [3.05, 3.63) is 60.8 Å². The molecule has 0 N–H and O–H groups in total. The average molecular weight is 345 g/mol. The highest BCUT2D eigenvalue weighted by molar-refractivity contribution is 6.13. The first-order valence-electron chi connectivity index (χ1n) is 7.82. The highest BCUT2D eigenvalue weighted by Gasteiger charge is 2.13. The van der Waals surface area contributed by atoms with E-state index < -0.39 is 0 Å². The molecule has 3 aromatic rings. The lowest BCUT2D eigenvalue weighted by Crippen LogP contribution is -2.18.